The lowest BCUT2D eigenvalue weighted by Gasteiger charge is -2.14. The van der Waals surface area contributed by atoms with Gasteiger partial charge in [-0.25, -0.2) is 17.5 Å². The van der Waals surface area contributed by atoms with Crippen molar-refractivity contribution in [3.63, 3.8) is 0 Å². The summed E-state index contributed by atoms with van der Waals surface area (Å²) in [5, 5.41) is 14.0. The standard InChI is InChI=1S/C21H19ClN2O6S/c1-24(2)31(28,29)19-11-15(7-8-17(19)22)23-20(26)12-30-21(27)16-9-13-5-3-4-6-14(13)10-18(16)25/h3-11,25H,12H2,1-2H3,(H,23,26). The minimum atomic E-state index is -3.81. The summed E-state index contributed by atoms with van der Waals surface area (Å²) < 4.78 is 30.6. The van der Waals surface area contributed by atoms with Crippen molar-refractivity contribution >= 4 is 50.0 Å². The smallest absolute Gasteiger partial charge is 0.342 e. The molecule has 3 aromatic carbocycles. The third-order valence-corrected chi connectivity index (χ3v) is 6.69. The summed E-state index contributed by atoms with van der Waals surface area (Å²) >= 11 is 5.98. The SMILES string of the molecule is CN(C)S(=O)(=O)c1cc(NC(=O)COC(=O)c2cc3ccccc3cc2O)ccc1Cl. The fourth-order valence-electron chi connectivity index (χ4n) is 2.77. The molecule has 31 heavy (non-hydrogen) atoms. The van der Waals surface area contributed by atoms with Crippen molar-refractivity contribution in [2.24, 2.45) is 0 Å². The number of carbonyl (C=O) groups excluding carboxylic acids is 2. The van der Waals surface area contributed by atoms with Crippen LogP contribution in [-0.4, -0.2) is 50.4 Å². The van der Waals surface area contributed by atoms with Crippen molar-refractivity contribution in [2.45, 2.75) is 4.90 Å². The van der Waals surface area contributed by atoms with E-state index in [1.165, 1.54) is 44.4 Å². The molecule has 0 radical (unpaired) electrons. The highest BCUT2D eigenvalue weighted by atomic mass is 35.5. The summed E-state index contributed by atoms with van der Waals surface area (Å²) in [4.78, 5) is 24.3. The summed E-state index contributed by atoms with van der Waals surface area (Å²) in [5.74, 6) is -1.82. The van der Waals surface area contributed by atoms with Gasteiger partial charge in [-0.2, -0.15) is 0 Å². The highest BCUT2D eigenvalue weighted by Crippen LogP contribution is 2.27. The predicted octanol–water partition coefficient (Wildman–Crippen LogP) is 3.24. The molecule has 0 aliphatic rings. The highest BCUT2D eigenvalue weighted by Gasteiger charge is 2.22. The second-order valence-corrected chi connectivity index (χ2v) is 9.30. The average Bonchev–Trinajstić information content (AvgIpc) is 2.72. The van der Waals surface area contributed by atoms with Crippen LogP contribution in [0.3, 0.4) is 0 Å². The Bertz CT molecular complexity index is 1270. The van der Waals surface area contributed by atoms with Gasteiger partial charge in [0.15, 0.2) is 6.61 Å². The van der Waals surface area contributed by atoms with E-state index in [9.17, 15) is 23.1 Å². The Balaban J connectivity index is 1.70. The highest BCUT2D eigenvalue weighted by molar-refractivity contribution is 7.89. The number of ether oxygens (including phenoxy) is 1. The molecule has 2 N–H and O–H groups in total. The Hall–Kier alpha value is -3.14. The molecule has 0 fully saturated rings. The number of phenolic OH excluding ortho intramolecular Hbond substituents is 1. The number of benzene rings is 3. The molecule has 162 valence electrons. The lowest BCUT2D eigenvalue weighted by Crippen LogP contribution is -2.23. The first-order valence-electron chi connectivity index (χ1n) is 9.00. The topological polar surface area (TPSA) is 113 Å². The van der Waals surface area contributed by atoms with Gasteiger partial charge in [-0.05, 0) is 41.1 Å². The Morgan fingerprint density at radius 2 is 1.71 bits per heavy atom. The third kappa shape index (κ3) is 4.96. The number of phenols is 1. The van der Waals surface area contributed by atoms with Crippen LogP contribution in [0.4, 0.5) is 5.69 Å². The van der Waals surface area contributed by atoms with Gasteiger partial charge >= 0.3 is 5.97 Å². The van der Waals surface area contributed by atoms with Crippen LogP contribution in [0.5, 0.6) is 5.75 Å². The van der Waals surface area contributed by atoms with Gasteiger partial charge in [-0.15, -0.1) is 0 Å². The number of hydrogen-bond donors (Lipinski definition) is 2. The molecule has 8 nitrogen and oxygen atoms in total. The van der Waals surface area contributed by atoms with Gasteiger partial charge in [-0.1, -0.05) is 35.9 Å². The number of sulfonamides is 1. The Morgan fingerprint density at radius 1 is 1.06 bits per heavy atom. The maximum atomic E-state index is 12.3. The van der Waals surface area contributed by atoms with E-state index in [0.29, 0.717) is 0 Å². The van der Waals surface area contributed by atoms with Crippen molar-refractivity contribution in [1.29, 1.82) is 0 Å². The van der Waals surface area contributed by atoms with Gasteiger partial charge in [0.2, 0.25) is 10.0 Å². The zero-order chi connectivity index (χ0) is 22.8. The van der Waals surface area contributed by atoms with Crippen molar-refractivity contribution < 1.29 is 27.9 Å². The van der Waals surface area contributed by atoms with E-state index in [2.05, 4.69) is 5.32 Å². The number of anilines is 1. The van der Waals surface area contributed by atoms with Gasteiger partial charge in [0, 0.05) is 19.8 Å². The largest absolute Gasteiger partial charge is 0.507 e. The van der Waals surface area contributed by atoms with E-state index in [-0.39, 0.29) is 26.9 Å². The Kier molecular flexibility index (Phi) is 6.49. The summed E-state index contributed by atoms with van der Waals surface area (Å²) in [6.07, 6.45) is 0. The molecule has 0 atom stereocenters. The van der Waals surface area contributed by atoms with Crippen molar-refractivity contribution in [3.05, 3.63) is 65.2 Å². The first kappa shape index (κ1) is 22.5. The van der Waals surface area contributed by atoms with E-state index >= 15 is 0 Å². The number of rotatable bonds is 6. The fraction of sp³-hybridized carbons (Fsp3) is 0.143. The van der Waals surface area contributed by atoms with E-state index in [1.54, 1.807) is 24.3 Å². The molecule has 3 rings (SSSR count). The van der Waals surface area contributed by atoms with E-state index in [0.717, 1.165) is 15.1 Å². The Labute approximate surface area is 184 Å². The predicted molar refractivity (Wildman–Crippen MR) is 117 cm³/mol. The number of hydrogen-bond acceptors (Lipinski definition) is 6. The van der Waals surface area contributed by atoms with Gasteiger partial charge in [0.05, 0.1) is 5.02 Å². The summed E-state index contributed by atoms with van der Waals surface area (Å²) in [7, 11) is -1.09. The number of nitrogens with one attached hydrogen (secondary N) is 1. The van der Waals surface area contributed by atoms with Gasteiger partial charge in [0.1, 0.15) is 16.2 Å². The maximum Gasteiger partial charge on any atom is 0.342 e. The molecule has 0 spiro atoms. The number of nitrogens with zero attached hydrogens (tertiary/aromatic N) is 1. The van der Waals surface area contributed by atoms with E-state index in [4.69, 9.17) is 16.3 Å². The number of carbonyl (C=O) groups is 2. The monoisotopic (exact) mass is 462 g/mol. The fourth-order valence-corrected chi connectivity index (χ4v) is 4.17. The first-order chi connectivity index (χ1) is 14.6. The second kappa shape index (κ2) is 8.93. The van der Waals surface area contributed by atoms with E-state index in [1.807, 2.05) is 0 Å². The van der Waals surface area contributed by atoms with Crippen LogP contribution >= 0.6 is 11.6 Å². The maximum absolute atomic E-state index is 12.3. The average molecular weight is 463 g/mol. The lowest BCUT2D eigenvalue weighted by molar-refractivity contribution is -0.119. The van der Waals surface area contributed by atoms with Gasteiger partial charge in [0.25, 0.3) is 5.91 Å². The molecule has 0 unspecified atom stereocenters. The zero-order valence-corrected chi connectivity index (χ0v) is 18.2. The van der Waals surface area contributed by atoms with Crippen LogP contribution in [0.2, 0.25) is 5.02 Å². The molecule has 10 heteroatoms. The number of esters is 1. The molecule has 0 aliphatic carbocycles. The molecular formula is C21H19ClN2O6S. The quantitative estimate of drug-likeness (QED) is 0.544. The van der Waals surface area contributed by atoms with Crippen LogP contribution < -0.4 is 5.32 Å². The summed E-state index contributed by atoms with van der Waals surface area (Å²) in [6, 6.07) is 14.0. The van der Waals surface area contributed by atoms with Crippen molar-refractivity contribution in [1.82, 2.24) is 4.31 Å². The summed E-state index contributed by atoms with van der Waals surface area (Å²) in [6.45, 7) is -0.635. The molecule has 3 aromatic rings. The van der Waals surface area contributed by atoms with Gasteiger partial charge < -0.3 is 15.2 Å². The van der Waals surface area contributed by atoms with Crippen molar-refractivity contribution in [3.8, 4) is 5.75 Å². The van der Waals surface area contributed by atoms with Gasteiger partial charge in [-0.3, -0.25) is 4.79 Å². The molecule has 0 saturated carbocycles. The molecule has 0 aliphatic heterocycles. The molecule has 0 bridgehead atoms. The Morgan fingerprint density at radius 3 is 2.35 bits per heavy atom. The minimum Gasteiger partial charge on any atom is -0.507 e. The number of amides is 1. The van der Waals surface area contributed by atoms with Crippen molar-refractivity contribution in [2.75, 3.05) is 26.0 Å². The first-order valence-corrected chi connectivity index (χ1v) is 10.8. The molecule has 0 aromatic heterocycles. The van der Waals surface area contributed by atoms with Crippen LogP contribution in [0.25, 0.3) is 10.8 Å². The normalized spacial score (nSPS) is 11.5. The number of halogens is 1. The zero-order valence-electron chi connectivity index (χ0n) is 16.6. The molecular weight excluding hydrogens is 444 g/mol. The molecule has 0 heterocycles. The van der Waals surface area contributed by atoms with Crippen LogP contribution in [0, 0.1) is 0 Å². The molecule has 0 saturated heterocycles. The van der Waals surface area contributed by atoms with E-state index < -0.39 is 28.5 Å². The minimum absolute atomic E-state index is 0.00454. The van der Waals surface area contributed by atoms with Crippen LogP contribution in [-0.2, 0) is 19.6 Å². The number of fused-ring (bicyclic) bond motifs is 1. The van der Waals surface area contributed by atoms with Crippen LogP contribution in [0.1, 0.15) is 10.4 Å². The number of aromatic hydroxyl groups is 1. The summed E-state index contributed by atoms with van der Waals surface area (Å²) in [5.41, 5.74) is 0.0942. The lowest BCUT2D eigenvalue weighted by atomic mass is 10.1. The molecule has 1 amide bonds. The second-order valence-electron chi connectivity index (χ2n) is 6.77. The third-order valence-electron chi connectivity index (χ3n) is 4.39. The van der Waals surface area contributed by atoms with Crippen LogP contribution in [0.15, 0.2) is 59.5 Å².